The highest BCUT2D eigenvalue weighted by Crippen LogP contribution is 2.33. The second-order valence-electron chi connectivity index (χ2n) is 6.10. The smallest absolute Gasteiger partial charge is 0.322 e. The van der Waals surface area contributed by atoms with Crippen LogP contribution in [0.1, 0.15) is 32.6 Å². The van der Waals surface area contributed by atoms with Gasteiger partial charge in [-0.2, -0.15) is 0 Å². The summed E-state index contributed by atoms with van der Waals surface area (Å²) in [5.74, 6) is -0.235. The Morgan fingerprint density at radius 1 is 1.43 bits per heavy atom. The maximum absolute atomic E-state index is 12.5. The largest absolute Gasteiger partial charge is 0.378 e. The van der Waals surface area contributed by atoms with Crippen LogP contribution in [0.15, 0.2) is 0 Å². The van der Waals surface area contributed by atoms with E-state index in [-0.39, 0.29) is 30.4 Å². The Balaban J connectivity index is 1.61. The van der Waals surface area contributed by atoms with E-state index in [1.807, 2.05) is 6.92 Å². The number of piperidine rings is 1. The number of hydrogen-bond donors (Lipinski definition) is 2. The molecule has 1 unspecified atom stereocenters. The van der Waals surface area contributed by atoms with Crippen molar-refractivity contribution in [2.24, 2.45) is 5.92 Å². The second-order valence-corrected chi connectivity index (χ2v) is 6.10. The molecule has 2 saturated heterocycles. The van der Waals surface area contributed by atoms with Crippen molar-refractivity contribution in [3.8, 4) is 0 Å². The van der Waals surface area contributed by atoms with Crippen molar-refractivity contribution in [2.45, 2.75) is 44.2 Å². The molecule has 2 heterocycles. The molecule has 1 saturated carbocycles. The number of carbonyl (C=O) groups is 3. The molecule has 3 fully saturated rings. The molecule has 3 aliphatic rings. The predicted molar refractivity (Wildman–Crippen MR) is 73.4 cm³/mol. The van der Waals surface area contributed by atoms with Gasteiger partial charge in [-0.05, 0) is 32.6 Å². The summed E-state index contributed by atoms with van der Waals surface area (Å²) in [6, 6.07) is -0.464. The number of urea groups is 1. The Morgan fingerprint density at radius 3 is 2.81 bits per heavy atom. The van der Waals surface area contributed by atoms with Gasteiger partial charge in [-0.1, -0.05) is 0 Å². The second kappa shape index (κ2) is 5.29. The Morgan fingerprint density at radius 2 is 2.19 bits per heavy atom. The number of imide groups is 1. The fraction of sp³-hybridized carbons (Fsp3) is 0.786. The third-order valence-corrected chi connectivity index (χ3v) is 4.66. The van der Waals surface area contributed by atoms with Gasteiger partial charge in [-0.25, -0.2) is 4.79 Å². The highest BCUT2D eigenvalue weighted by atomic mass is 16.5. The van der Waals surface area contributed by atoms with E-state index >= 15 is 0 Å². The zero-order chi connectivity index (χ0) is 15.0. The molecule has 0 aromatic rings. The Bertz CT molecular complexity index is 475. The van der Waals surface area contributed by atoms with Crippen molar-refractivity contribution in [3.05, 3.63) is 0 Å². The first kappa shape index (κ1) is 14.3. The zero-order valence-corrected chi connectivity index (χ0v) is 12.2. The van der Waals surface area contributed by atoms with Gasteiger partial charge in [0.15, 0.2) is 0 Å². The van der Waals surface area contributed by atoms with Crippen molar-refractivity contribution in [1.29, 1.82) is 0 Å². The van der Waals surface area contributed by atoms with Crippen LogP contribution in [-0.4, -0.2) is 54.1 Å². The molecule has 0 aromatic heterocycles. The van der Waals surface area contributed by atoms with Crippen LogP contribution >= 0.6 is 0 Å². The number of carbonyl (C=O) groups excluding carboxylic acids is 3. The van der Waals surface area contributed by atoms with Gasteiger partial charge >= 0.3 is 6.03 Å². The number of nitrogens with zero attached hydrogens (tertiary/aromatic N) is 1. The lowest BCUT2D eigenvalue weighted by molar-refractivity contribution is -0.147. The highest BCUT2D eigenvalue weighted by Gasteiger charge is 2.50. The molecule has 0 aromatic carbocycles. The van der Waals surface area contributed by atoms with Crippen molar-refractivity contribution in [3.63, 3.8) is 0 Å². The molecular weight excluding hydrogens is 274 g/mol. The number of ether oxygens (including phenoxy) is 1. The third kappa shape index (κ3) is 2.50. The first-order valence-corrected chi connectivity index (χ1v) is 7.58. The van der Waals surface area contributed by atoms with Gasteiger partial charge in [0, 0.05) is 19.1 Å². The van der Waals surface area contributed by atoms with Gasteiger partial charge in [-0.3, -0.25) is 14.9 Å². The Hall–Kier alpha value is -1.63. The number of hydrogen-bond acceptors (Lipinski definition) is 4. The van der Waals surface area contributed by atoms with Crippen LogP contribution in [0.4, 0.5) is 4.79 Å². The van der Waals surface area contributed by atoms with Crippen LogP contribution in [0.25, 0.3) is 0 Å². The molecule has 2 aliphatic heterocycles. The average Bonchev–Trinajstić information content (AvgIpc) is 2.67. The van der Waals surface area contributed by atoms with Crippen molar-refractivity contribution < 1.29 is 19.1 Å². The van der Waals surface area contributed by atoms with Crippen molar-refractivity contribution in [1.82, 2.24) is 15.5 Å². The van der Waals surface area contributed by atoms with Gasteiger partial charge in [0.25, 0.3) is 5.91 Å². The first-order valence-electron chi connectivity index (χ1n) is 7.58. The molecule has 0 radical (unpaired) electrons. The molecule has 0 bridgehead atoms. The monoisotopic (exact) mass is 295 g/mol. The maximum atomic E-state index is 12.5. The van der Waals surface area contributed by atoms with E-state index in [0.717, 1.165) is 19.3 Å². The van der Waals surface area contributed by atoms with Gasteiger partial charge in [0.05, 0.1) is 12.6 Å². The lowest BCUT2D eigenvalue weighted by atomic mass is 9.80. The van der Waals surface area contributed by atoms with Crippen molar-refractivity contribution >= 4 is 17.8 Å². The van der Waals surface area contributed by atoms with E-state index in [4.69, 9.17) is 4.74 Å². The summed E-state index contributed by atoms with van der Waals surface area (Å²) in [5, 5.41) is 4.96. The van der Waals surface area contributed by atoms with E-state index in [1.165, 1.54) is 0 Å². The standard InChI is InChI=1S/C14H21N3O4/c1-2-21-10-6-9(7-10)11(18)17-5-3-4-14(8-17)12(19)15-13(20)16-14/h9-10H,2-8H2,1H3,(H2,15,16,19,20). The normalized spacial score (nSPS) is 35.4. The lowest BCUT2D eigenvalue weighted by Crippen LogP contribution is -2.61. The van der Waals surface area contributed by atoms with E-state index in [0.29, 0.717) is 19.6 Å². The molecule has 4 amide bonds. The molecule has 21 heavy (non-hydrogen) atoms. The minimum atomic E-state index is -0.923. The number of nitrogens with one attached hydrogen (secondary N) is 2. The van der Waals surface area contributed by atoms with E-state index < -0.39 is 11.6 Å². The summed E-state index contributed by atoms with van der Waals surface area (Å²) in [5.41, 5.74) is -0.923. The fourth-order valence-corrected chi connectivity index (χ4v) is 3.46. The van der Waals surface area contributed by atoms with Gasteiger partial charge in [0.2, 0.25) is 5.91 Å². The van der Waals surface area contributed by atoms with E-state index in [9.17, 15) is 14.4 Å². The summed E-state index contributed by atoms with van der Waals surface area (Å²) >= 11 is 0. The quantitative estimate of drug-likeness (QED) is 0.718. The van der Waals surface area contributed by atoms with Crippen LogP contribution in [-0.2, 0) is 14.3 Å². The molecule has 1 spiro atoms. The van der Waals surface area contributed by atoms with Crippen molar-refractivity contribution in [2.75, 3.05) is 19.7 Å². The van der Waals surface area contributed by atoms with Crippen LogP contribution in [0.2, 0.25) is 0 Å². The van der Waals surface area contributed by atoms with Crippen LogP contribution in [0.5, 0.6) is 0 Å². The minimum absolute atomic E-state index is 0.00290. The summed E-state index contributed by atoms with van der Waals surface area (Å²) < 4.78 is 5.48. The SMILES string of the molecule is CCOC1CC(C(=O)N2CCCC3(C2)NC(=O)NC3=O)C1. The minimum Gasteiger partial charge on any atom is -0.378 e. The fourth-order valence-electron chi connectivity index (χ4n) is 3.46. The Labute approximate surface area is 123 Å². The molecule has 7 heteroatoms. The van der Waals surface area contributed by atoms with Gasteiger partial charge in [-0.15, -0.1) is 0 Å². The highest BCUT2D eigenvalue weighted by molar-refractivity contribution is 6.07. The van der Waals surface area contributed by atoms with Crippen LogP contribution in [0, 0.1) is 5.92 Å². The average molecular weight is 295 g/mol. The molecule has 3 rings (SSSR count). The molecular formula is C14H21N3O4. The number of amides is 4. The zero-order valence-electron chi connectivity index (χ0n) is 12.2. The summed E-state index contributed by atoms with van der Waals surface area (Å²) in [6.07, 6.45) is 3.02. The molecule has 2 N–H and O–H groups in total. The molecule has 1 aliphatic carbocycles. The molecule has 7 nitrogen and oxygen atoms in total. The maximum Gasteiger partial charge on any atom is 0.322 e. The van der Waals surface area contributed by atoms with Gasteiger partial charge in [0.1, 0.15) is 5.54 Å². The van der Waals surface area contributed by atoms with E-state index in [2.05, 4.69) is 10.6 Å². The molecule has 116 valence electrons. The molecule has 1 atom stereocenters. The summed E-state index contributed by atoms with van der Waals surface area (Å²) in [4.78, 5) is 37.5. The van der Waals surface area contributed by atoms with Gasteiger partial charge < -0.3 is 15.0 Å². The summed E-state index contributed by atoms with van der Waals surface area (Å²) in [6.45, 7) is 3.55. The van der Waals surface area contributed by atoms with Crippen LogP contribution in [0.3, 0.4) is 0 Å². The Kier molecular flexibility index (Phi) is 3.61. The number of rotatable bonds is 3. The van der Waals surface area contributed by atoms with Crippen LogP contribution < -0.4 is 10.6 Å². The predicted octanol–water partition coefficient (Wildman–Crippen LogP) is 0.00210. The lowest BCUT2D eigenvalue weighted by Gasteiger charge is -2.42. The number of likely N-dealkylation sites (tertiary alicyclic amines) is 1. The topological polar surface area (TPSA) is 87.7 Å². The summed E-state index contributed by atoms with van der Waals surface area (Å²) in [7, 11) is 0. The van der Waals surface area contributed by atoms with E-state index in [1.54, 1.807) is 4.90 Å². The first-order chi connectivity index (χ1) is 10.0. The third-order valence-electron chi connectivity index (χ3n) is 4.66.